The zero-order valence-electron chi connectivity index (χ0n) is 43.0. The summed E-state index contributed by atoms with van der Waals surface area (Å²) in [6, 6.07) is -0.873. The van der Waals surface area contributed by atoms with Crippen molar-refractivity contribution in [2.24, 2.45) is 0 Å². The summed E-state index contributed by atoms with van der Waals surface area (Å²) < 4.78 is 30.4. The second-order valence-corrected chi connectivity index (χ2v) is 20.5. The number of ether oxygens (including phenoxy) is 1. The van der Waals surface area contributed by atoms with Crippen LogP contribution in [-0.4, -0.2) is 74.3 Å². The van der Waals surface area contributed by atoms with Crippen molar-refractivity contribution in [1.29, 1.82) is 0 Å². The number of phosphoric ester groups is 1. The smallest absolute Gasteiger partial charge is 0.456 e. The Morgan fingerprint density at radius 3 is 1.46 bits per heavy atom. The minimum Gasteiger partial charge on any atom is -0.456 e. The average molecular weight is 934 g/mol. The second kappa shape index (κ2) is 45.5. The Balaban J connectivity index is 5.47. The molecule has 0 fully saturated rings. The van der Waals surface area contributed by atoms with Gasteiger partial charge in [-0.1, -0.05) is 204 Å². The van der Waals surface area contributed by atoms with Crippen molar-refractivity contribution >= 4 is 19.7 Å². The fraction of sp³-hybridized carbons (Fsp3) is 0.782. The van der Waals surface area contributed by atoms with Crippen LogP contribution >= 0.6 is 7.82 Å². The van der Waals surface area contributed by atoms with E-state index in [2.05, 4.69) is 74.7 Å². The van der Waals surface area contributed by atoms with Crippen molar-refractivity contribution < 1.29 is 37.3 Å². The van der Waals surface area contributed by atoms with Crippen LogP contribution in [0.25, 0.3) is 0 Å². The molecule has 0 aliphatic carbocycles. The maximum atomic E-state index is 13.4. The van der Waals surface area contributed by atoms with Gasteiger partial charge < -0.3 is 19.4 Å². The van der Waals surface area contributed by atoms with Crippen molar-refractivity contribution in [3.63, 3.8) is 0 Å². The molecule has 0 aromatic rings. The maximum Gasteiger partial charge on any atom is 0.472 e. The molecule has 0 aromatic heterocycles. The molecular weight excluding hydrogens is 832 g/mol. The van der Waals surface area contributed by atoms with Gasteiger partial charge in [0.1, 0.15) is 19.3 Å². The molecule has 0 aliphatic heterocycles. The fourth-order valence-corrected chi connectivity index (χ4v) is 8.02. The molecular formula is C55H102N2O7P+. The lowest BCUT2D eigenvalue weighted by Crippen LogP contribution is -2.47. The quantitative estimate of drug-likeness (QED) is 0.0206. The SMILES string of the molecule is CCCCC/C=C\C/C=C\C/C=C\C/C=C\CCCC(=O)NC(COP(=O)(O)OCC[N+](C)(C)C)C(/C=C\CCCCCCCCCCC)OC(=O)CCCCCCCCCCCCC. The summed E-state index contributed by atoms with van der Waals surface area (Å²) in [7, 11) is 1.46. The maximum absolute atomic E-state index is 13.4. The van der Waals surface area contributed by atoms with Gasteiger partial charge in [-0.15, -0.1) is 0 Å². The van der Waals surface area contributed by atoms with Crippen LogP contribution in [-0.2, 0) is 27.9 Å². The number of esters is 1. The van der Waals surface area contributed by atoms with Crippen LogP contribution < -0.4 is 5.32 Å². The van der Waals surface area contributed by atoms with Gasteiger partial charge in [-0.05, 0) is 70.3 Å². The van der Waals surface area contributed by atoms with Gasteiger partial charge in [0.25, 0.3) is 0 Å². The Bertz CT molecular complexity index is 1300. The van der Waals surface area contributed by atoms with Crippen LogP contribution in [0, 0.1) is 0 Å². The largest absolute Gasteiger partial charge is 0.472 e. The number of hydrogen-bond donors (Lipinski definition) is 2. The van der Waals surface area contributed by atoms with Gasteiger partial charge in [0.05, 0.1) is 33.8 Å². The van der Waals surface area contributed by atoms with Gasteiger partial charge in [0.15, 0.2) is 0 Å². The molecule has 0 saturated carbocycles. The van der Waals surface area contributed by atoms with E-state index in [1.54, 1.807) is 0 Å². The van der Waals surface area contributed by atoms with E-state index in [0.29, 0.717) is 17.4 Å². The molecule has 0 spiro atoms. The van der Waals surface area contributed by atoms with Gasteiger partial charge in [-0.3, -0.25) is 18.6 Å². The van der Waals surface area contributed by atoms with Crippen molar-refractivity contribution in [3.05, 3.63) is 60.8 Å². The van der Waals surface area contributed by atoms with Crippen LogP contribution in [0.1, 0.15) is 226 Å². The lowest BCUT2D eigenvalue weighted by atomic mass is 10.1. The van der Waals surface area contributed by atoms with E-state index < -0.39 is 20.0 Å². The number of nitrogens with zero attached hydrogens (tertiary/aromatic N) is 1. The third-order valence-electron chi connectivity index (χ3n) is 11.5. The normalized spacial score (nSPS) is 14.4. The number of rotatable bonds is 47. The number of carbonyl (C=O) groups is 2. The topological polar surface area (TPSA) is 111 Å². The number of allylic oxidation sites excluding steroid dienone is 9. The highest BCUT2D eigenvalue weighted by atomic mass is 31.2. The Hall–Kier alpha value is -2.29. The van der Waals surface area contributed by atoms with Gasteiger partial charge in [0, 0.05) is 12.8 Å². The summed E-state index contributed by atoms with van der Waals surface area (Å²) in [6.45, 7) is 6.91. The highest BCUT2D eigenvalue weighted by molar-refractivity contribution is 7.47. The predicted octanol–water partition coefficient (Wildman–Crippen LogP) is 15.5. The Kier molecular flexibility index (Phi) is 43.9. The van der Waals surface area contributed by atoms with Crippen molar-refractivity contribution in [1.82, 2.24) is 5.32 Å². The van der Waals surface area contributed by atoms with E-state index in [4.69, 9.17) is 13.8 Å². The standard InChI is InChI=1S/C55H101N2O7P/c1-7-10-13-16-19-22-25-26-27-28-29-30-33-35-38-41-44-47-54(58)56-52(51-63-65(60,61)62-50-49-57(4,5)6)53(46-43-40-37-34-31-23-20-17-14-11-8-2)64-55(59)48-45-42-39-36-32-24-21-18-15-12-9-3/h19,22,26-27,29-30,35,38,43,46,52-53H,7-18,20-21,23-25,28,31-34,36-37,39-42,44-45,47-51H2,1-6H3,(H-,56,58,60,61)/p+1/b22-19-,27-26-,30-29-,38-35-,46-43-. The fourth-order valence-electron chi connectivity index (χ4n) is 7.28. The minimum absolute atomic E-state index is 0.0296. The molecule has 0 aromatic carbocycles. The number of carbonyl (C=O) groups excluding carboxylic acids is 2. The molecule has 0 bridgehead atoms. The Morgan fingerprint density at radius 1 is 0.538 bits per heavy atom. The van der Waals surface area contributed by atoms with Crippen molar-refractivity contribution in [2.75, 3.05) is 40.9 Å². The highest BCUT2D eigenvalue weighted by Gasteiger charge is 2.30. The molecule has 0 saturated heterocycles. The average Bonchev–Trinajstić information content (AvgIpc) is 3.26. The molecule has 0 rings (SSSR count). The van der Waals surface area contributed by atoms with E-state index in [1.807, 2.05) is 33.3 Å². The monoisotopic (exact) mass is 934 g/mol. The van der Waals surface area contributed by atoms with Gasteiger partial charge in [-0.25, -0.2) is 4.57 Å². The molecule has 2 N–H and O–H groups in total. The first-order valence-corrected chi connectivity index (χ1v) is 28.1. The Labute approximate surface area is 401 Å². The van der Waals surface area contributed by atoms with E-state index in [9.17, 15) is 19.0 Å². The molecule has 0 radical (unpaired) electrons. The van der Waals surface area contributed by atoms with E-state index in [-0.39, 0.29) is 37.9 Å². The number of nitrogens with one attached hydrogen (secondary N) is 1. The number of amides is 1. The summed E-state index contributed by atoms with van der Waals surface area (Å²) in [5.41, 5.74) is 0. The number of likely N-dealkylation sites (N-methyl/N-ethyl adjacent to an activating group) is 1. The van der Waals surface area contributed by atoms with Crippen LogP contribution in [0.15, 0.2) is 60.8 Å². The van der Waals surface area contributed by atoms with E-state index in [1.165, 1.54) is 122 Å². The molecule has 10 heteroatoms. The third kappa shape index (κ3) is 46.6. The molecule has 3 atom stereocenters. The third-order valence-corrected chi connectivity index (χ3v) is 12.4. The zero-order valence-corrected chi connectivity index (χ0v) is 43.9. The van der Waals surface area contributed by atoms with Gasteiger partial charge >= 0.3 is 13.8 Å². The number of unbranched alkanes of at least 4 members (excludes halogenated alkanes) is 23. The number of hydrogen-bond acceptors (Lipinski definition) is 6. The second-order valence-electron chi connectivity index (χ2n) is 19.1. The van der Waals surface area contributed by atoms with Crippen LogP contribution in [0.5, 0.6) is 0 Å². The van der Waals surface area contributed by atoms with E-state index >= 15 is 0 Å². The van der Waals surface area contributed by atoms with Crippen molar-refractivity contribution in [2.45, 2.75) is 238 Å². The Morgan fingerprint density at radius 2 is 0.954 bits per heavy atom. The van der Waals surface area contributed by atoms with Crippen LogP contribution in [0.2, 0.25) is 0 Å². The van der Waals surface area contributed by atoms with Crippen LogP contribution in [0.3, 0.4) is 0 Å². The molecule has 0 heterocycles. The first-order valence-electron chi connectivity index (χ1n) is 26.6. The van der Waals surface area contributed by atoms with Gasteiger partial charge in [0.2, 0.25) is 5.91 Å². The first-order chi connectivity index (χ1) is 31.4. The summed E-state index contributed by atoms with van der Waals surface area (Å²) in [4.78, 5) is 37.4. The number of phosphoric acid groups is 1. The first kappa shape index (κ1) is 62.7. The molecule has 1 amide bonds. The summed E-state index contributed by atoms with van der Waals surface area (Å²) in [6.07, 6.45) is 55.1. The lowest BCUT2D eigenvalue weighted by Gasteiger charge is -2.27. The molecule has 3 unspecified atom stereocenters. The number of quaternary nitrogens is 1. The predicted molar refractivity (Wildman–Crippen MR) is 277 cm³/mol. The summed E-state index contributed by atoms with van der Waals surface area (Å²) >= 11 is 0. The minimum atomic E-state index is -4.45. The van der Waals surface area contributed by atoms with Crippen molar-refractivity contribution in [3.8, 4) is 0 Å². The zero-order chi connectivity index (χ0) is 48.0. The molecule has 9 nitrogen and oxygen atoms in total. The molecule has 0 aliphatic rings. The van der Waals surface area contributed by atoms with Gasteiger partial charge in [-0.2, -0.15) is 0 Å². The highest BCUT2D eigenvalue weighted by Crippen LogP contribution is 2.43. The summed E-state index contributed by atoms with van der Waals surface area (Å²) in [5, 5.41) is 3.00. The summed E-state index contributed by atoms with van der Waals surface area (Å²) in [5.74, 6) is -0.572. The van der Waals surface area contributed by atoms with Crippen LogP contribution in [0.4, 0.5) is 0 Å². The lowest BCUT2D eigenvalue weighted by molar-refractivity contribution is -0.870. The molecule has 378 valence electrons. The molecule has 65 heavy (non-hydrogen) atoms. The van der Waals surface area contributed by atoms with E-state index in [0.717, 1.165) is 64.2 Å².